The van der Waals surface area contributed by atoms with Crippen LogP contribution in [0, 0.1) is 49.7 Å². The maximum atomic E-state index is 9.39. The molecule has 0 radical (unpaired) electrons. The fraction of sp³-hybridized carbons (Fsp3) is 1.00. The Labute approximate surface area is 237 Å². The van der Waals surface area contributed by atoms with E-state index in [-0.39, 0.29) is 64.3 Å². The molecule has 0 atom stereocenters. The van der Waals surface area contributed by atoms with E-state index in [1.165, 1.54) is 0 Å². The molecule has 8 nitrogen and oxygen atoms in total. The predicted molar refractivity (Wildman–Crippen MR) is 152 cm³/mol. The molecule has 2 aliphatic carbocycles. The summed E-state index contributed by atoms with van der Waals surface area (Å²) in [4.78, 5) is 18.8. The highest BCUT2D eigenvalue weighted by Gasteiger charge is 2.60. The summed E-state index contributed by atoms with van der Waals surface area (Å²) in [6.45, 7) is 23.1. The van der Waals surface area contributed by atoms with Crippen molar-refractivity contribution >= 4 is 0 Å². The maximum Gasteiger partial charge on any atom is 0.0876 e. The molecule has 4 N–H and O–H groups in total. The van der Waals surface area contributed by atoms with Gasteiger partial charge in [-0.15, -0.1) is 0 Å². The summed E-state index contributed by atoms with van der Waals surface area (Å²) in [7, 11) is 0. The fourth-order valence-corrected chi connectivity index (χ4v) is 9.78. The molecule has 2 aliphatic rings. The van der Waals surface area contributed by atoms with Crippen LogP contribution in [0.4, 0.5) is 0 Å². The SMILES string of the molecule is CC(C)(C1CCC(C(C)(C)COO)(C(C)(C)COO)CC1)C1CCC(C(C)(C)COO)(C(C)(C)COO)CC1. The van der Waals surface area contributed by atoms with Crippen LogP contribution in [-0.4, -0.2) is 47.5 Å². The van der Waals surface area contributed by atoms with E-state index in [2.05, 4.69) is 69.2 Å². The van der Waals surface area contributed by atoms with Crippen LogP contribution in [0.5, 0.6) is 0 Å². The summed E-state index contributed by atoms with van der Waals surface area (Å²) >= 11 is 0. The third-order valence-electron chi connectivity index (χ3n) is 12.7. The van der Waals surface area contributed by atoms with E-state index in [1.54, 1.807) is 0 Å². The van der Waals surface area contributed by atoms with Crippen LogP contribution >= 0.6 is 0 Å². The van der Waals surface area contributed by atoms with Crippen molar-refractivity contribution in [2.24, 2.45) is 49.7 Å². The van der Waals surface area contributed by atoms with E-state index in [1.807, 2.05) is 0 Å². The fourth-order valence-electron chi connectivity index (χ4n) is 9.78. The summed E-state index contributed by atoms with van der Waals surface area (Å²) in [6, 6.07) is 0. The summed E-state index contributed by atoms with van der Waals surface area (Å²) in [5.74, 6) is 1.12. The number of hydrogen-bond donors (Lipinski definition) is 4. The van der Waals surface area contributed by atoms with Crippen molar-refractivity contribution in [1.82, 2.24) is 0 Å². The van der Waals surface area contributed by atoms with Crippen LogP contribution in [0.3, 0.4) is 0 Å². The normalized spacial score (nSPS) is 22.3. The van der Waals surface area contributed by atoms with Gasteiger partial charge in [-0.05, 0) is 101 Å². The zero-order valence-corrected chi connectivity index (χ0v) is 26.6. The van der Waals surface area contributed by atoms with Crippen molar-refractivity contribution in [3.63, 3.8) is 0 Å². The zero-order valence-electron chi connectivity index (χ0n) is 26.6. The highest BCUT2D eigenvalue weighted by atomic mass is 17.1. The molecule has 0 heterocycles. The minimum Gasteiger partial charge on any atom is -0.252 e. The van der Waals surface area contributed by atoms with E-state index in [0.29, 0.717) is 11.8 Å². The lowest BCUT2D eigenvalue weighted by atomic mass is 9.43. The van der Waals surface area contributed by atoms with Gasteiger partial charge < -0.3 is 0 Å². The minimum atomic E-state index is -0.302. The van der Waals surface area contributed by atoms with Gasteiger partial charge in [-0.25, -0.2) is 19.6 Å². The molecule has 0 bridgehead atoms. The molecule has 0 amide bonds. The Kier molecular flexibility index (Phi) is 11.2. The van der Waals surface area contributed by atoms with Crippen molar-refractivity contribution in [1.29, 1.82) is 0 Å². The lowest BCUT2D eigenvalue weighted by Crippen LogP contribution is -2.56. The molecule has 0 saturated heterocycles. The van der Waals surface area contributed by atoms with Crippen LogP contribution in [0.1, 0.15) is 121 Å². The first-order chi connectivity index (χ1) is 17.9. The van der Waals surface area contributed by atoms with Crippen LogP contribution in [0.15, 0.2) is 0 Å². The van der Waals surface area contributed by atoms with Crippen molar-refractivity contribution in [2.75, 3.05) is 26.4 Å². The highest BCUT2D eigenvalue weighted by molar-refractivity contribution is 5.08. The van der Waals surface area contributed by atoms with Gasteiger partial charge in [0.2, 0.25) is 0 Å². The number of rotatable bonds is 14. The summed E-state index contributed by atoms with van der Waals surface area (Å²) in [5.41, 5.74) is -1.39. The molecule has 0 aromatic carbocycles. The second-order valence-corrected chi connectivity index (χ2v) is 16.2. The van der Waals surface area contributed by atoms with Gasteiger partial charge in [-0.3, -0.25) is 21.0 Å². The van der Waals surface area contributed by atoms with Crippen LogP contribution in [0.25, 0.3) is 0 Å². The first kappa shape index (κ1) is 34.9. The molecule has 2 fully saturated rings. The van der Waals surface area contributed by atoms with Crippen LogP contribution in [-0.2, 0) is 19.6 Å². The largest absolute Gasteiger partial charge is 0.252 e. The van der Waals surface area contributed by atoms with Crippen LogP contribution < -0.4 is 0 Å². The first-order valence-corrected chi connectivity index (χ1v) is 14.9. The number of hydrogen-bond acceptors (Lipinski definition) is 8. The highest BCUT2D eigenvalue weighted by Crippen LogP contribution is 2.66. The molecule has 0 aromatic heterocycles. The van der Waals surface area contributed by atoms with E-state index < -0.39 is 0 Å². The Morgan fingerprint density at radius 3 is 0.846 bits per heavy atom. The van der Waals surface area contributed by atoms with Gasteiger partial charge in [0.1, 0.15) is 0 Å². The molecular weight excluding hydrogens is 500 g/mol. The van der Waals surface area contributed by atoms with Crippen molar-refractivity contribution < 1.29 is 40.6 Å². The smallest absolute Gasteiger partial charge is 0.0876 e. The second-order valence-electron chi connectivity index (χ2n) is 16.2. The van der Waals surface area contributed by atoms with Gasteiger partial charge in [0, 0.05) is 0 Å². The minimum absolute atomic E-state index is 0.142. The molecule has 39 heavy (non-hydrogen) atoms. The summed E-state index contributed by atoms with van der Waals surface area (Å²) < 4.78 is 0. The molecular formula is C31H60O8. The Hall–Kier alpha value is -0.320. The molecule has 0 spiro atoms. The molecule has 0 aliphatic heterocycles. The average Bonchev–Trinajstić information content (AvgIpc) is 2.83. The quantitative estimate of drug-likeness (QED) is 0.123. The Bertz CT molecular complexity index is 655. The Morgan fingerprint density at radius 2 is 0.667 bits per heavy atom. The second kappa shape index (κ2) is 12.5. The van der Waals surface area contributed by atoms with Crippen molar-refractivity contribution in [3.05, 3.63) is 0 Å². The molecule has 2 rings (SSSR count). The van der Waals surface area contributed by atoms with Crippen LogP contribution in [0.2, 0.25) is 0 Å². The molecule has 232 valence electrons. The van der Waals surface area contributed by atoms with E-state index in [4.69, 9.17) is 19.6 Å². The van der Waals surface area contributed by atoms with E-state index >= 15 is 0 Å². The lowest BCUT2D eigenvalue weighted by molar-refractivity contribution is -0.304. The predicted octanol–water partition coefficient (Wildman–Crippen LogP) is 8.43. The van der Waals surface area contributed by atoms with E-state index in [0.717, 1.165) is 51.4 Å². The van der Waals surface area contributed by atoms with Gasteiger partial charge in [-0.1, -0.05) is 69.2 Å². The Balaban J connectivity index is 2.28. The molecule has 2 saturated carbocycles. The molecule has 8 heteroatoms. The Morgan fingerprint density at radius 1 is 0.462 bits per heavy atom. The summed E-state index contributed by atoms with van der Waals surface area (Å²) in [6.07, 6.45) is 8.22. The van der Waals surface area contributed by atoms with Gasteiger partial charge in [0.25, 0.3) is 0 Å². The average molecular weight is 561 g/mol. The molecule has 0 unspecified atom stereocenters. The maximum absolute atomic E-state index is 9.39. The third kappa shape index (κ3) is 6.24. The summed E-state index contributed by atoms with van der Waals surface area (Å²) in [5, 5.41) is 37.6. The van der Waals surface area contributed by atoms with Gasteiger partial charge in [0.15, 0.2) is 0 Å². The third-order valence-corrected chi connectivity index (χ3v) is 12.7. The van der Waals surface area contributed by atoms with Gasteiger partial charge in [0.05, 0.1) is 26.4 Å². The lowest BCUT2D eigenvalue weighted by Gasteiger charge is -2.61. The molecule has 0 aromatic rings. The van der Waals surface area contributed by atoms with Gasteiger partial charge in [-0.2, -0.15) is 0 Å². The first-order valence-electron chi connectivity index (χ1n) is 14.9. The standard InChI is InChI=1S/C31H60O8/c1-25(2,19-36-32)30(26(3,4)20-37-33)15-11-23(12-16-30)29(9,10)24-13-17-31(18-14-24,27(5,6)21-38-34)28(7,8)22-39-35/h23-24,32-35H,11-22H2,1-10H3. The van der Waals surface area contributed by atoms with E-state index in [9.17, 15) is 21.0 Å². The van der Waals surface area contributed by atoms with Crippen molar-refractivity contribution in [2.45, 2.75) is 121 Å². The van der Waals surface area contributed by atoms with Crippen molar-refractivity contribution in [3.8, 4) is 0 Å². The topological polar surface area (TPSA) is 118 Å². The van der Waals surface area contributed by atoms with Gasteiger partial charge >= 0.3 is 0 Å². The zero-order chi connectivity index (χ0) is 30.0. The monoisotopic (exact) mass is 560 g/mol.